The summed E-state index contributed by atoms with van der Waals surface area (Å²) in [5.41, 5.74) is 6.26. The topological polar surface area (TPSA) is 80.3 Å². The summed E-state index contributed by atoms with van der Waals surface area (Å²) in [5, 5.41) is 14.9. The van der Waals surface area contributed by atoms with Crippen molar-refractivity contribution in [2.45, 2.75) is 32.6 Å². The molecule has 0 bridgehead atoms. The maximum Gasteiger partial charge on any atom is 0.341 e. The van der Waals surface area contributed by atoms with Gasteiger partial charge in [-0.1, -0.05) is 78.9 Å². The number of nitrogens with zero attached hydrogens (tertiary/aromatic N) is 1. The smallest absolute Gasteiger partial charge is 0.341 e. The number of esters is 1. The van der Waals surface area contributed by atoms with Crippen molar-refractivity contribution < 1.29 is 24.1 Å². The molecule has 0 amide bonds. The minimum Gasteiger partial charge on any atom is -0.494 e. The number of hydrogen-bond acceptors (Lipinski definition) is 7. The molecule has 0 saturated carbocycles. The molecular formula is C40H42N2O5. The second-order valence-corrected chi connectivity index (χ2v) is 11.3. The molecule has 0 fully saturated rings. The summed E-state index contributed by atoms with van der Waals surface area (Å²) in [4.78, 5) is 14.9. The van der Waals surface area contributed by atoms with E-state index < -0.39 is 12.1 Å². The summed E-state index contributed by atoms with van der Waals surface area (Å²) in [6.45, 7) is 4.73. The second kappa shape index (κ2) is 17.0. The van der Waals surface area contributed by atoms with Gasteiger partial charge < -0.3 is 24.6 Å². The van der Waals surface area contributed by atoms with E-state index in [1.54, 1.807) is 12.1 Å². The lowest BCUT2D eigenvalue weighted by Crippen LogP contribution is -2.30. The Morgan fingerprint density at radius 1 is 0.766 bits per heavy atom. The number of benzene rings is 5. The zero-order valence-electron chi connectivity index (χ0n) is 27.0. The van der Waals surface area contributed by atoms with Crippen LogP contribution in [-0.4, -0.2) is 42.8 Å². The first-order valence-electron chi connectivity index (χ1n) is 15.9. The monoisotopic (exact) mass is 630 g/mol. The Bertz CT molecular complexity index is 1680. The number of nitrogens with one attached hydrogen (secondary N) is 1. The average molecular weight is 631 g/mol. The predicted octanol–water partition coefficient (Wildman–Crippen LogP) is 7.97. The number of rotatable bonds is 16. The Balaban J connectivity index is 1.25. The maximum absolute atomic E-state index is 12.7. The summed E-state index contributed by atoms with van der Waals surface area (Å²) in [7, 11) is 1.34. The summed E-state index contributed by atoms with van der Waals surface area (Å²) >= 11 is 0. The first-order chi connectivity index (χ1) is 23.0. The quantitative estimate of drug-likeness (QED) is 0.107. The van der Waals surface area contributed by atoms with Gasteiger partial charge in [0.15, 0.2) is 0 Å². The molecule has 7 heteroatoms. The van der Waals surface area contributed by atoms with Gasteiger partial charge in [-0.25, -0.2) is 4.79 Å². The molecule has 47 heavy (non-hydrogen) atoms. The van der Waals surface area contributed by atoms with E-state index in [2.05, 4.69) is 46.6 Å². The van der Waals surface area contributed by atoms with Crippen molar-refractivity contribution in [1.82, 2.24) is 4.90 Å². The highest BCUT2D eigenvalue weighted by Gasteiger charge is 2.20. The largest absolute Gasteiger partial charge is 0.494 e. The summed E-state index contributed by atoms with van der Waals surface area (Å²) in [6, 6.07) is 41.6. The van der Waals surface area contributed by atoms with Gasteiger partial charge in [0.2, 0.25) is 0 Å². The average Bonchev–Trinajstić information content (AvgIpc) is 3.11. The van der Waals surface area contributed by atoms with Crippen LogP contribution in [-0.2, 0) is 24.3 Å². The minimum absolute atomic E-state index is 0.286. The number of anilines is 2. The maximum atomic E-state index is 12.7. The summed E-state index contributed by atoms with van der Waals surface area (Å²) < 4.78 is 16.6. The van der Waals surface area contributed by atoms with Gasteiger partial charge >= 0.3 is 5.97 Å². The van der Waals surface area contributed by atoms with E-state index in [0.29, 0.717) is 37.6 Å². The van der Waals surface area contributed by atoms with Gasteiger partial charge in [-0.3, -0.25) is 4.90 Å². The van der Waals surface area contributed by atoms with Crippen molar-refractivity contribution in [3.05, 3.63) is 155 Å². The van der Waals surface area contributed by atoms with Crippen LogP contribution in [0.2, 0.25) is 0 Å². The lowest BCUT2D eigenvalue weighted by atomic mass is 10.0. The SMILES string of the molecule is CCOc1ccc(Nc2ccc(CCN(Cc3ccccc3)C[C@H](O)c3ccc(OCc4ccccc4)c(C(=O)OC)c3)cc2)cc1. The van der Waals surface area contributed by atoms with Crippen molar-refractivity contribution in [3.63, 3.8) is 0 Å². The fraction of sp³-hybridized carbons (Fsp3) is 0.225. The molecule has 5 aromatic carbocycles. The van der Waals surface area contributed by atoms with Gasteiger partial charge in [0.1, 0.15) is 23.7 Å². The van der Waals surface area contributed by atoms with Gasteiger partial charge in [0, 0.05) is 31.0 Å². The highest BCUT2D eigenvalue weighted by molar-refractivity contribution is 5.92. The number of carbonyl (C=O) groups is 1. The van der Waals surface area contributed by atoms with E-state index in [1.165, 1.54) is 12.7 Å². The van der Waals surface area contributed by atoms with Crippen LogP contribution in [0, 0.1) is 0 Å². The van der Waals surface area contributed by atoms with Crippen LogP contribution in [0.1, 0.15) is 45.6 Å². The Hall–Kier alpha value is -5.11. The first-order valence-corrected chi connectivity index (χ1v) is 15.9. The highest BCUT2D eigenvalue weighted by Crippen LogP contribution is 2.27. The number of aliphatic hydroxyl groups is 1. The molecule has 0 aliphatic carbocycles. The van der Waals surface area contributed by atoms with E-state index >= 15 is 0 Å². The Morgan fingerprint density at radius 2 is 1.40 bits per heavy atom. The molecule has 0 spiro atoms. The molecule has 0 saturated heterocycles. The third-order valence-electron chi connectivity index (χ3n) is 7.84. The molecular weight excluding hydrogens is 588 g/mol. The second-order valence-electron chi connectivity index (χ2n) is 11.3. The lowest BCUT2D eigenvalue weighted by Gasteiger charge is -2.26. The number of methoxy groups -OCH3 is 1. The van der Waals surface area contributed by atoms with Gasteiger partial charge in [-0.15, -0.1) is 0 Å². The minimum atomic E-state index is -0.828. The van der Waals surface area contributed by atoms with Crippen molar-refractivity contribution in [3.8, 4) is 11.5 Å². The fourth-order valence-corrected chi connectivity index (χ4v) is 5.32. The third-order valence-corrected chi connectivity index (χ3v) is 7.84. The Morgan fingerprint density at radius 3 is 2.04 bits per heavy atom. The standard InChI is InChI=1S/C40H42N2O5/c1-3-46-36-21-19-35(20-22-36)41-34-17-14-30(15-18-34)24-25-42(27-31-10-6-4-7-11-31)28-38(43)33-16-23-39(37(26-33)40(44)45-2)47-29-32-12-8-5-9-13-32/h4-23,26,38,41,43H,3,24-25,27-29H2,1-2H3/t38-/m0/s1. The van der Waals surface area contributed by atoms with Crippen molar-refractivity contribution in [2.75, 3.05) is 32.1 Å². The van der Waals surface area contributed by atoms with Crippen molar-refractivity contribution in [1.29, 1.82) is 0 Å². The van der Waals surface area contributed by atoms with E-state index in [9.17, 15) is 9.90 Å². The molecule has 0 unspecified atom stereocenters. The molecule has 0 aliphatic rings. The van der Waals surface area contributed by atoms with Crippen molar-refractivity contribution >= 4 is 17.3 Å². The molecule has 0 heterocycles. The number of aliphatic hydroxyl groups excluding tert-OH is 1. The van der Waals surface area contributed by atoms with Crippen molar-refractivity contribution in [2.24, 2.45) is 0 Å². The number of carbonyl (C=O) groups excluding carboxylic acids is 1. The zero-order valence-corrected chi connectivity index (χ0v) is 27.0. The first kappa shape index (κ1) is 33.3. The molecule has 1 atom stereocenters. The molecule has 0 aromatic heterocycles. The Labute approximate surface area is 277 Å². The third kappa shape index (κ3) is 9.94. The van der Waals surface area contributed by atoms with Crippen LogP contribution in [0.25, 0.3) is 0 Å². The van der Waals surface area contributed by atoms with Gasteiger partial charge in [0.05, 0.1) is 19.8 Å². The summed E-state index contributed by atoms with van der Waals surface area (Å²) in [5.74, 6) is 0.759. The molecule has 0 radical (unpaired) electrons. The molecule has 242 valence electrons. The van der Waals surface area contributed by atoms with E-state index in [-0.39, 0.29) is 5.56 Å². The van der Waals surface area contributed by atoms with E-state index in [4.69, 9.17) is 14.2 Å². The number of hydrogen-bond donors (Lipinski definition) is 2. The van der Waals surface area contributed by atoms with Crippen LogP contribution < -0.4 is 14.8 Å². The highest BCUT2D eigenvalue weighted by atomic mass is 16.5. The van der Waals surface area contributed by atoms with Gasteiger partial charge in [-0.2, -0.15) is 0 Å². The summed E-state index contributed by atoms with van der Waals surface area (Å²) in [6.07, 6.45) is -0.0197. The van der Waals surface area contributed by atoms with E-state index in [0.717, 1.165) is 41.2 Å². The Kier molecular flexibility index (Phi) is 12.0. The van der Waals surface area contributed by atoms with Crippen LogP contribution in [0.3, 0.4) is 0 Å². The van der Waals surface area contributed by atoms with Crippen LogP contribution in [0.15, 0.2) is 127 Å². The molecule has 7 nitrogen and oxygen atoms in total. The van der Waals surface area contributed by atoms with Gasteiger partial charge in [0.25, 0.3) is 0 Å². The van der Waals surface area contributed by atoms with Crippen LogP contribution in [0.5, 0.6) is 11.5 Å². The predicted molar refractivity (Wildman–Crippen MR) is 186 cm³/mol. The zero-order chi connectivity index (χ0) is 32.8. The van der Waals surface area contributed by atoms with E-state index in [1.807, 2.05) is 85.8 Å². The molecule has 2 N–H and O–H groups in total. The molecule has 5 rings (SSSR count). The molecule has 5 aromatic rings. The molecule has 0 aliphatic heterocycles. The van der Waals surface area contributed by atoms with Gasteiger partial charge in [-0.05, 0) is 84.1 Å². The fourth-order valence-electron chi connectivity index (χ4n) is 5.32. The lowest BCUT2D eigenvalue weighted by molar-refractivity contribution is 0.0594. The van der Waals surface area contributed by atoms with Crippen LogP contribution in [0.4, 0.5) is 11.4 Å². The number of ether oxygens (including phenoxy) is 3. The van der Waals surface area contributed by atoms with Crippen LogP contribution >= 0.6 is 0 Å². The normalized spacial score (nSPS) is 11.6.